The summed E-state index contributed by atoms with van der Waals surface area (Å²) in [5, 5.41) is 15.3. The molecule has 0 amide bonds. The van der Waals surface area contributed by atoms with Crippen molar-refractivity contribution in [3.8, 4) is 17.2 Å². The van der Waals surface area contributed by atoms with Gasteiger partial charge in [-0.05, 0) is 31.6 Å². The van der Waals surface area contributed by atoms with Gasteiger partial charge in [0.15, 0.2) is 5.82 Å². The summed E-state index contributed by atoms with van der Waals surface area (Å²) in [6.07, 6.45) is 4.44. The second-order valence-corrected chi connectivity index (χ2v) is 6.26. The summed E-state index contributed by atoms with van der Waals surface area (Å²) in [5.41, 5.74) is 5.72. The van der Waals surface area contributed by atoms with E-state index in [1.807, 2.05) is 6.26 Å². The molecule has 10 heteroatoms. The maximum absolute atomic E-state index is 11.4. The number of methoxy groups -OCH3 is 1. The summed E-state index contributed by atoms with van der Waals surface area (Å²) in [7, 11) is 1.47. The fourth-order valence-electron chi connectivity index (χ4n) is 2.51. The SMILES string of the molecule is COc1cc([N+](=O)[O-])c(-c2nc(C3(N)CCC3)no2)cc1SC.Cl. The highest BCUT2D eigenvalue weighted by Crippen LogP contribution is 2.41. The Kier molecular flexibility index (Phi) is 5.36. The normalized spacial score (nSPS) is 15.3. The van der Waals surface area contributed by atoms with Crippen LogP contribution < -0.4 is 10.5 Å². The lowest BCUT2D eigenvalue weighted by Gasteiger charge is -2.34. The van der Waals surface area contributed by atoms with E-state index in [4.69, 9.17) is 15.0 Å². The lowest BCUT2D eigenvalue weighted by atomic mass is 9.77. The van der Waals surface area contributed by atoms with Gasteiger partial charge in [-0.2, -0.15) is 4.98 Å². The minimum absolute atomic E-state index is 0. The maximum atomic E-state index is 11.4. The summed E-state index contributed by atoms with van der Waals surface area (Å²) < 4.78 is 10.4. The van der Waals surface area contributed by atoms with Crippen molar-refractivity contribution < 1.29 is 14.2 Å². The molecule has 8 nitrogen and oxygen atoms in total. The van der Waals surface area contributed by atoms with Gasteiger partial charge >= 0.3 is 0 Å². The minimum atomic E-state index is -0.578. The predicted molar refractivity (Wildman–Crippen MR) is 91.7 cm³/mol. The smallest absolute Gasteiger partial charge is 0.285 e. The van der Waals surface area contributed by atoms with Crippen LogP contribution in [0.5, 0.6) is 5.75 Å². The van der Waals surface area contributed by atoms with Crippen molar-refractivity contribution in [2.75, 3.05) is 13.4 Å². The first kappa shape index (κ1) is 18.5. The first-order valence-corrected chi connectivity index (χ1v) is 8.25. The van der Waals surface area contributed by atoms with Gasteiger partial charge in [0.25, 0.3) is 11.6 Å². The molecule has 1 aliphatic carbocycles. The number of hydrogen-bond acceptors (Lipinski definition) is 8. The number of nitrogens with zero attached hydrogens (tertiary/aromatic N) is 3. The van der Waals surface area contributed by atoms with Crippen LogP contribution in [0.3, 0.4) is 0 Å². The molecule has 1 aromatic carbocycles. The number of aromatic nitrogens is 2. The van der Waals surface area contributed by atoms with E-state index in [1.54, 1.807) is 6.07 Å². The second kappa shape index (κ2) is 6.96. The van der Waals surface area contributed by atoms with E-state index in [0.29, 0.717) is 11.6 Å². The third-order valence-corrected chi connectivity index (χ3v) is 4.80. The van der Waals surface area contributed by atoms with Gasteiger partial charge in [-0.15, -0.1) is 24.2 Å². The zero-order valence-corrected chi connectivity index (χ0v) is 14.8. The molecule has 0 unspecified atom stereocenters. The van der Waals surface area contributed by atoms with Crippen LogP contribution in [0.4, 0.5) is 5.69 Å². The molecule has 1 fully saturated rings. The van der Waals surface area contributed by atoms with Crippen LogP contribution in [0.1, 0.15) is 25.1 Å². The third-order valence-electron chi connectivity index (χ3n) is 4.05. The fourth-order valence-corrected chi connectivity index (χ4v) is 3.09. The van der Waals surface area contributed by atoms with E-state index in [1.165, 1.54) is 24.9 Å². The van der Waals surface area contributed by atoms with E-state index < -0.39 is 10.5 Å². The fraction of sp³-hybridized carbons (Fsp3) is 0.429. The number of benzene rings is 1. The van der Waals surface area contributed by atoms with Crippen LogP contribution in [0, 0.1) is 10.1 Å². The number of hydrogen-bond donors (Lipinski definition) is 1. The lowest BCUT2D eigenvalue weighted by molar-refractivity contribution is -0.384. The Morgan fingerprint density at radius 1 is 1.46 bits per heavy atom. The van der Waals surface area contributed by atoms with E-state index in [9.17, 15) is 10.1 Å². The van der Waals surface area contributed by atoms with Gasteiger partial charge in [-0.3, -0.25) is 10.1 Å². The quantitative estimate of drug-likeness (QED) is 0.483. The summed E-state index contributed by atoms with van der Waals surface area (Å²) in [5.74, 6) is 0.929. The number of nitro groups is 1. The summed E-state index contributed by atoms with van der Waals surface area (Å²) in [4.78, 5) is 15.9. The van der Waals surface area contributed by atoms with Crippen molar-refractivity contribution in [3.05, 3.63) is 28.1 Å². The maximum Gasteiger partial charge on any atom is 0.285 e. The van der Waals surface area contributed by atoms with Crippen molar-refractivity contribution in [1.29, 1.82) is 0 Å². The summed E-state index contributed by atoms with van der Waals surface area (Å²) in [6, 6.07) is 3.00. The average Bonchev–Trinajstić information content (AvgIpc) is 3.01. The van der Waals surface area contributed by atoms with Gasteiger partial charge < -0.3 is 15.0 Å². The summed E-state index contributed by atoms with van der Waals surface area (Å²) in [6.45, 7) is 0. The van der Waals surface area contributed by atoms with Gasteiger partial charge in [0.05, 0.1) is 28.5 Å². The van der Waals surface area contributed by atoms with Crippen molar-refractivity contribution >= 4 is 29.9 Å². The lowest BCUT2D eigenvalue weighted by Crippen LogP contribution is -2.44. The molecule has 130 valence electrons. The largest absolute Gasteiger partial charge is 0.495 e. The highest BCUT2D eigenvalue weighted by molar-refractivity contribution is 7.98. The molecule has 1 aliphatic rings. The number of nitro benzene ring substituents is 1. The molecule has 0 saturated heterocycles. The van der Waals surface area contributed by atoms with Gasteiger partial charge in [-0.25, -0.2) is 0 Å². The Balaban J connectivity index is 0.00000208. The van der Waals surface area contributed by atoms with E-state index >= 15 is 0 Å². The molecule has 2 N–H and O–H groups in total. The Labute approximate surface area is 148 Å². The van der Waals surface area contributed by atoms with Gasteiger partial charge in [0.2, 0.25) is 0 Å². The highest BCUT2D eigenvalue weighted by atomic mass is 35.5. The molecule has 24 heavy (non-hydrogen) atoms. The molecule has 1 saturated carbocycles. The molecule has 0 radical (unpaired) electrons. The number of halogens is 1. The summed E-state index contributed by atoms with van der Waals surface area (Å²) >= 11 is 1.42. The highest BCUT2D eigenvalue weighted by Gasteiger charge is 2.39. The van der Waals surface area contributed by atoms with Crippen LogP contribution in [-0.2, 0) is 5.54 Å². The van der Waals surface area contributed by atoms with Crippen molar-refractivity contribution in [3.63, 3.8) is 0 Å². The number of ether oxygens (including phenoxy) is 1. The Bertz CT molecular complexity index is 763. The molecule has 0 bridgehead atoms. The second-order valence-electron chi connectivity index (χ2n) is 5.41. The van der Waals surface area contributed by atoms with E-state index in [0.717, 1.165) is 24.2 Å². The number of rotatable bonds is 5. The first-order chi connectivity index (χ1) is 11.0. The van der Waals surface area contributed by atoms with Crippen LogP contribution in [0.25, 0.3) is 11.5 Å². The zero-order valence-electron chi connectivity index (χ0n) is 13.1. The minimum Gasteiger partial charge on any atom is -0.495 e. The molecular weight excluding hydrogens is 356 g/mol. The zero-order chi connectivity index (χ0) is 16.6. The average molecular weight is 373 g/mol. The van der Waals surface area contributed by atoms with Crippen LogP contribution in [0.15, 0.2) is 21.6 Å². The van der Waals surface area contributed by atoms with Gasteiger partial charge in [-0.1, -0.05) is 5.16 Å². The molecule has 0 aliphatic heterocycles. The topological polar surface area (TPSA) is 117 Å². The number of nitrogens with two attached hydrogens (primary N) is 1. The Morgan fingerprint density at radius 3 is 2.67 bits per heavy atom. The molecule has 3 rings (SSSR count). The van der Waals surface area contributed by atoms with Gasteiger partial charge in [0.1, 0.15) is 11.3 Å². The van der Waals surface area contributed by atoms with E-state index in [2.05, 4.69) is 10.1 Å². The van der Waals surface area contributed by atoms with Crippen LogP contribution in [0.2, 0.25) is 0 Å². The van der Waals surface area contributed by atoms with Crippen molar-refractivity contribution in [1.82, 2.24) is 10.1 Å². The predicted octanol–water partition coefficient (Wildman–Crippen LogP) is 3.14. The molecule has 1 heterocycles. The first-order valence-electron chi connectivity index (χ1n) is 7.02. The monoisotopic (exact) mass is 372 g/mol. The molecule has 0 spiro atoms. The van der Waals surface area contributed by atoms with Crippen molar-refractivity contribution in [2.24, 2.45) is 5.73 Å². The molecule has 1 aromatic heterocycles. The van der Waals surface area contributed by atoms with Crippen LogP contribution >= 0.6 is 24.2 Å². The van der Waals surface area contributed by atoms with Crippen LogP contribution in [-0.4, -0.2) is 28.4 Å². The standard InChI is InChI=1S/C14H16N4O4S.ClH/c1-21-10-7-9(18(19)20)8(6-11(10)23-2)12-16-13(17-22-12)14(15)4-3-5-14;/h6-7H,3-5,15H2,1-2H3;1H. The molecule has 0 atom stereocenters. The van der Waals surface area contributed by atoms with Crippen molar-refractivity contribution in [2.45, 2.75) is 29.7 Å². The third kappa shape index (κ3) is 3.06. The molecule has 2 aromatic rings. The number of thioether (sulfide) groups is 1. The molecular formula is C14H17ClN4O4S. The van der Waals surface area contributed by atoms with Gasteiger partial charge in [0, 0.05) is 0 Å². The van der Waals surface area contributed by atoms with E-state index in [-0.39, 0.29) is 29.5 Å². The Morgan fingerprint density at radius 2 is 2.17 bits per heavy atom. The Hall–Kier alpha value is -1.84.